The molecule has 2 aliphatic heterocycles. The standard InChI is InChI=1S/2C19H32N2O3S.Ca/c2*1-2-3-4-5-6-7-8-9-10-11-12-19-20-17-14-13-16(25(22,23)24)15-18(17)21-19;/h2*13-15,19-21H,2-12H2,1H3,(H,22,23,24);/q;;+2/p-2. The molecule has 2 aliphatic rings. The molecule has 0 aliphatic carbocycles. The molecule has 284 valence electrons. The summed E-state index contributed by atoms with van der Waals surface area (Å²) in [5, 5.41) is 13.2. The van der Waals surface area contributed by atoms with Crippen LogP contribution in [0, 0.1) is 0 Å². The van der Waals surface area contributed by atoms with Gasteiger partial charge in [-0.15, -0.1) is 0 Å². The number of nitrogens with one attached hydrogen (secondary N) is 4. The summed E-state index contributed by atoms with van der Waals surface area (Å²) in [6.07, 6.45) is 28.5. The van der Waals surface area contributed by atoms with E-state index in [0.29, 0.717) is 11.4 Å². The second-order valence-corrected chi connectivity index (χ2v) is 16.7. The molecule has 0 bridgehead atoms. The van der Waals surface area contributed by atoms with E-state index in [1.807, 2.05) is 0 Å². The third-order valence-corrected chi connectivity index (χ3v) is 11.2. The van der Waals surface area contributed by atoms with E-state index in [1.165, 1.54) is 140 Å². The summed E-state index contributed by atoms with van der Waals surface area (Å²) >= 11 is 0. The Balaban J connectivity index is 0.000000347. The van der Waals surface area contributed by atoms with Crippen molar-refractivity contribution >= 4 is 80.7 Å². The minimum Gasteiger partial charge on any atom is -0.744 e. The summed E-state index contributed by atoms with van der Waals surface area (Å²) in [4.78, 5) is -0.361. The van der Waals surface area contributed by atoms with Crippen molar-refractivity contribution in [1.29, 1.82) is 0 Å². The molecular weight excluding hydrogens is 713 g/mol. The molecule has 0 fully saturated rings. The van der Waals surface area contributed by atoms with Gasteiger partial charge in [0.2, 0.25) is 0 Å². The van der Waals surface area contributed by atoms with Crippen LogP contribution < -0.4 is 21.3 Å². The molecule has 2 aromatic rings. The van der Waals surface area contributed by atoms with Gasteiger partial charge in [-0.25, -0.2) is 16.8 Å². The molecule has 51 heavy (non-hydrogen) atoms. The van der Waals surface area contributed by atoms with Crippen LogP contribution >= 0.6 is 0 Å². The van der Waals surface area contributed by atoms with Crippen molar-refractivity contribution in [3.63, 3.8) is 0 Å². The van der Waals surface area contributed by atoms with Gasteiger partial charge in [0.15, 0.2) is 0 Å². The summed E-state index contributed by atoms with van der Waals surface area (Å²) in [7, 11) is -8.79. The maximum Gasteiger partial charge on any atom is 2.00 e. The summed E-state index contributed by atoms with van der Waals surface area (Å²) in [6, 6.07) is 8.88. The Bertz CT molecular complexity index is 1380. The van der Waals surface area contributed by atoms with E-state index in [-0.39, 0.29) is 59.9 Å². The smallest absolute Gasteiger partial charge is 0.744 e. The summed E-state index contributed by atoms with van der Waals surface area (Å²) in [5.74, 6) is 0. The van der Waals surface area contributed by atoms with Crippen molar-refractivity contribution in [2.75, 3.05) is 21.3 Å². The van der Waals surface area contributed by atoms with Crippen molar-refractivity contribution in [2.45, 2.75) is 177 Å². The summed E-state index contributed by atoms with van der Waals surface area (Å²) < 4.78 is 66.5. The first kappa shape index (κ1) is 45.9. The van der Waals surface area contributed by atoms with Crippen LogP contribution in [-0.2, 0) is 20.2 Å². The van der Waals surface area contributed by atoms with Gasteiger partial charge in [0.25, 0.3) is 0 Å². The van der Waals surface area contributed by atoms with E-state index in [9.17, 15) is 25.9 Å². The Morgan fingerprint density at radius 1 is 0.451 bits per heavy atom. The molecule has 0 radical (unpaired) electrons. The second-order valence-electron chi connectivity index (χ2n) is 13.9. The topological polar surface area (TPSA) is 163 Å². The van der Waals surface area contributed by atoms with Crippen molar-refractivity contribution < 1.29 is 25.9 Å². The molecule has 2 atom stereocenters. The summed E-state index contributed by atoms with van der Waals surface area (Å²) in [5.41, 5.74) is 3.14. The molecule has 0 saturated heterocycles. The normalized spacial score (nSPS) is 16.0. The summed E-state index contributed by atoms with van der Waals surface area (Å²) in [6.45, 7) is 4.49. The minimum absolute atomic E-state index is 0. The predicted octanol–water partition coefficient (Wildman–Crippen LogP) is 9.75. The third kappa shape index (κ3) is 18.1. The number of hydrogen-bond acceptors (Lipinski definition) is 10. The predicted molar refractivity (Wildman–Crippen MR) is 210 cm³/mol. The zero-order valence-corrected chi connectivity index (χ0v) is 35.0. The maximum atomic E-state index is 11.1. The van der Waals surface area contributed by atoms with Crippen LogP contribution in [0.4, 0.5) is 22.7 Å². The van der Waals surface area contributed by atoms with Crippen molar-refractivity contribution in [1.82, 2.24) is 0 Å². The van der Waals surface area contributed by atoms with Crippen molar-refractivity contribution in [2.24, 2.45) is 0 Å². The van der Waals surface area contributed by atoms with Gasteiger partial charge < -0.3 is 30.4 Å². The van der Waals surface area contributed by atoms with E-state index in [4.69, 9.17) is 0 Å². The van der Waals surface area contributed by atoms with E-state index in [1.54, 1.807) is 12.1 Å². The molecule has 4 rings (SSSR count). The van der Waals surface area contributed by atoms with Gasteiger partial charge in [-0.1, -0.05) is 129 Å². The molecule has 4 N–H and O–H groups in total. The number of anilines is 4. The van der Waals surface area contributed by atoms with E-state index < -0.39 is 20.2 Å². The van der Waals surface area contributed by atoms with Crippen LogP contribution in [0.3, 0.4) is 0 Å². The largest absolute Gasteiger partial charge is 2.00 e. The molecule has 0 aromatic heterocycles. The van der Waals surface area contributed by atoms with Gasteiger partial charge in [-0.2, -0.15) is 0 Å². The molecule has 2 aromatic carbocycles. The Labute approximate surface area is 339 Å². The van der Waals surface area contributed by atoms with Crippen LogP contribution in [-0.4, -0.2) is 76.0 Å². The fourth-order valence-corrected chi connectivity index (χ4v) is 7.63. The van der Waals surface area contributed by atoms with E-state index in [2.05, 4.69) is 35.1 Å². The molecule has 13 heteroatoms. The Kier molecular flexibility index (Phi) is 22.4. The number of rotatable bonds is 24. The first-order chi connectivity index (χ1) is 24.0. The van der Waals surface area contributed by atoms with Gasteiger partial charge in [-0.05, 0) is 62.1 Å². The maximum absolute atomic E-state index is 11.1. The van der Waals surface area contributed by atoms with Gasteiger partial charge in [0.1, 0.15) is 20.2 Å². The monoisotopic (exact) mass is 774 g/mol. The van der Waals surface area contributed by atoms with Crippen LogP contribution in [0.1, 0.15) is 155 Å². The molecule has 0 spiro atoms. The number of fused-ring (bicyclic) bond motifs is 2. The van der Waals surface area contributed by atoms with Gasteiger partial charge in [-0.3, -0.25) is 0 Å². The Hall–Kier alpha value is -1.28. The fraction of sp³-hybridized carbons (Fsp3) is 0.684. The van der Waals surface area contributed by atoms with Crippen molar-refractivity contribution in [3.05, 3.63) is 36.4 Å². The van der Waals surface area contributed by atoms with Crippen LogP contribution in [0.2, 0.25) is 0 Å². The van der Waals surface area contributed by atoms with Crippen LogP contribution in [0.15, 0.2) is 46.2 Å². The average molecular weight is 775 g/mol. The number of unbranched alkanes of at least 4 members (excludes halogenated alkanes) is 18. The SMILES string of the molecule is CCCCCCCCCCCCC1Nc2ccc(S(=O)(=O)[O-])cc2N1.CCCCCCCCCCCCC1Nc2ccc(S(=O)(=O)[O-])cc2N1.[Ca+2]. The quantitative estimate of drug-likeness (QED) is 0.0459. The third-order valence-electron chi connectivity index (χ3n) is 9.57. The number of benzene rings is 2. The Morgan fingerprint density at radius 2 is 0.725 bits per heavy atom. The first-order valence-corrected chi connectivity index (χ1v) is 22.1. The van der Waals surface area contributed by atoms with Crippen LogP contribution in [0.25, 0.3) is 0 Å². The number of hydrogen-bond donors (Lipinski definition) is 4. The minimum atomic E-state index is -4.40. The molecule has 0 amide bonds. The fourth-order valence-electron chi connectivity index (χ4n) is 6.63. The molecule has 2 unspecified atom stereocenters. The van der Waals surface area contributed by atoms with Gasteiger partial charge in [0.05, 0.1) is 44.9 Å². The Morgan fingerprint density at radius 3 is 1.02 bits per heavy atom. The van der Waals surface area contributed by atoms with E-state index in [0.717, 1.165) is 37.1 Å². The molecular formula is C38H62CaN4O6S2. The zero-order valence-electron chi connectivity index (χ0n) is 31.1. The van der Waals surface area contributed by atoms with E-state index >= 15 is 0 Å². The zero-order chi connectivity index (χ0) is 36.2. The van der Waals surface area contributed by atoms with Gasteiger partial charge in [0, 0.05) is 0 Å². The average Bonchev–Trinajstić information content (AvgIpc) is 3.68. The van der Waals surface area contributed by atoms with Crippen molar-refractivity contribution in [3.8, 4) is 0 Å². The second kappa shape index (κ2) is 24.9. The van der Waals surface area contributed by atoms with Gasteiger partial charge >= 0.3 is 37.7 Å². The first-order valence-electron chi connectivity index (χ1n) is 19.3. The molecule has 2 heterocycles. The van der Waals surface area contributed by atoms with Crippen LogP contribution in [0.5, 0.6) is 0 Å². The molecule has 0 saturated carbocycles. The molecule has 10 nitrogen and oxygen atoms in total.